The molecule has 2 aliphatic rings. The largest absolute Gasteiger partial charge is 0.444 e. The molecule has 1 unspecified atom stereocenters. The second kappa shape index (κ2) is 9.93. The van der Waals surface area contributed by atoms with Crippen molar-refractivity contribution in [3.8, 4) is 0 Å². The van der Waals surface area contributed by atoms with E-state index in [1.165, 1.54) is 0 Å². The van der Waals surface area contributed by atoms with Gasteiger partial charge in [0, 0.05) is 44.8 Å². The van der Waals surface area contributed by atoms with Crippen molar-refractivity contribution in [2.75, 3.05) is 52.5 Å². The van der Waals surface area contributed by atoms with E-state index in [0.29, 0.717) is 58.3 Å². The Kier molecular flexibility index (Phi) is 8.87. The van der Waals surface area contributed by atoms with Crippen molar-refractivity contribution in [2.24, 2.45) is 16.1 Å². The molecule has 3 N–H and O–H groups in total. The molecule has 2 heterocycles. The van der Waals surface area contributed by atoms with Crippen LogP contribution in [0.25, 0.3) is 0 Å². The van der Waals surface area contributed by atoms with Crippen LogP contribution >= 0.6 is 24.0 Å². The number of ether oxygens (including phenoxy) is 2. The monoisotopic (exact) mass is 484 g/mol. The van der Waals surface area contributed by atoms with Gasteiger partial charge in [-0.3, -0.25) is 4.99 Å². The van der Waals surface area contributed by atoms with Gasteiger partial charge in [0.2, 0.25) is 0 Å². The molecular weight excluding hydrogens is 451 g/mol. The second-order valence-corrected chi connectivity index (χ2v) is 7.91. The quantitative estimate of drug-likeness (QED) is 0.354. The van der Waals surface area contributed by atoms with E-state index in [4.69, 9.17) is 15.2 Å². The maximum atomic E-state index is 12.1. The van der Waals surface area contributed by atoms with Gasteiger partial charge in [-0.1, -0.05) is 0 Å². The molecule has 2 aliphatic heterocycles. The number of aliphatic imine (C=N–C) groups is 1. The molecule has 2 fully saturated rings. The highest BCUT2D eigenvalue weighted by molar-refractivity contribution is 14.0. The first-order valence-corrected chi connectivity index (χ1v) is 8.96. The Labute approximate surface area is 173 Å². The van der Waals surface area contributed by atoms with Crippen LogP contribution in [0.1, 0.15) is 33.6 Å². The van der Waals surface area contributed by atoms with Gasteiger partial charge < -0.3 is 30.1 Å². The highest BCUT2D eigenvalue weighted by Gasteiger charge is 2.34. The number of carbonyl (C=O) groups excluding carboxylic acids is 1. The van der Waals surface area contributed by atoms with Gasteiger partial charge in [0.25, 0.3) is 0 Å². The zero-order valence-electron chi connectivity index (χ0n) is 16.1. The van der Waals surface area contributed by atoms with Crippen molar-refractivity contribution in [2.45, 2.75) is 39.2 Å². The summed E-state index contributed by atoms with van der Waals surface area (Å²) in [6.07, 6.45) is 1.29. The minimum Gasteiger partial charge on any atom is -0.444 e. The normalized spacial score (nSPS) is 24.4. The van der Waals surface area contributed by atoms with Crippen LogP contribution in [0.4, 0.5) is 4.79 Å². The van der Waals surface area contributed by atoms with Crippen LogP contribution < -0.4 is 5.73 Å². The Morgan fingerprint density at radius 1 is 1.27 bits per heavy atom. The van der Waals surface area contributed by atoms with E-state index < -0.39 is 5.60 Å². The van der Waals surface area contributed by atoms with E-state index >= 15 is 0 Å². The molecule has 2 saturated heterocycles. The molecule has 0 aliphatic carbocycles. The standard InChI is InChI=1S/C17H32N4O4.HI/c1-16(2,3)25-15(23)21-8-6-20(7-9-21)14(18)19-12-17(4-10-22)5-11-24-13-17;/h22H,4-13H2,1-3H3,(H2,18,19);1H. The first-order chi connectivity index (χ1) is 11.7. The van der Waals surface area contributed by atoms with E-state index in [-0.39, 0.29) is 42.1 Å². The van der Waals surface area contributed by atoms with Crippen molar-refractivity contribution < 1.29 is 19.4 Å². The first-order valence-electron chi connectivity index (χ1n) is 8.96. The van der Waals surface area contributed by atoms with E-state index in [9.17, 15) is 9.90 Å². The molecule has 152 valence electrons. The predicted molar refractivity (Wildman–Crippen MR) is 111 cm³/mol. The molecule has 0 aromatic carbocycles. The number of aliphatic hydroxyl groups excluding tert-OH is 1. The lowest BCUT2D eigenvalue weighted by molar-refractivity contribution is 0.0186. The highest BCUT2D eigenvalue weighted by Crippen LogP contribution is 2.32. The Bertz CT molecular complexity index is 482. The Morgan fingerprint density at radius 3 is 2.38 bits per heavy atom. The van der Waals surface area contributed by atoms with Crippen molar-refractivity contribution in [1.82, 2.24) is 9.80 Å². The van der Waals surface area contributed by atoms with Gasteiger partial charge in [-0.25, -0.2) is 4.79 Å². The summed E-state index contributed by atoms with van der Waals surface area (Å²) in [4.78, 5) is 20.3. The maximum absolute atomic E-state index is 12.1. The molecule has 1 amide bonds. The third-order valence-electron chi connectivity index (χ3n) is 4.66. The zero-order chi connectivity index (χ0) is 18.5. The van der Waals surface area contributed by atoms with Gasteiger partial charge >= 0.3 is 6.09 Å². The minimum absolute atomic E-state index is 0. The van der Waals surface area contributed by atoms with Crippen molar-refractivity contribution in [3.63, 3.8) is 0 Å². The average molecular weight is 484 g/mol. The van der Waals surface area contributed by atoms with Crippen molar-refractivity contribution in [1.29, 1.82) is 0 Å². The van der Waals surface area contributed by atoms with Gasteiger partial charge in [0.1, 0.15) is 5.60 Å². The van der Waals surface area contributed by atoms with Crippen LogP contribution in [0, 0.1) is 5.41 Å². The van der Waals surface area contributed by atoms with Crippen LogP contribution in [0.5, 0.6) is 0 Å². The predicted octanol–water partition coefficient (Wildman–Crippen LogP) is 1.26. The molecule has 2 rings (SSSR count). The molecule has 0 radical (unpaired) electrons. The van der Waals surface area contributed by atoms with Gasteiger partial charge in [0.15, 0.2) is 5.96 Å². The highest BCUT2D eigenvalue weighted by atomic mass is 127. The average Bonchev–Trinajstić information content (AvgIpc) is 3.00. The number of hydrogen-bond donors (Lipinski definition) is 2. The SMILES string of the molecule is CC(C)(C)OC(=O)N1CCN(C(N)=NCC2(CCO)CCOC2)CC1.I. The number of nitrogens with two attached hydrogens (primary N) is 1. The molecule has 9 heteroatoms. The van der Waals surface area contributed by atoms with Crippen LogP contribution in [0.15, 0.2) is 4.99 Å². The molecule has 0 spiro atoms. The summed E-state index contributed by atoms with van der Waals surface area (Å²) in [6, 6.07) is 0. The summed E-state index contributed by atoms with van der Waals surface area (Å²) >= 11 is 0. The fraction of sp³-hybridized carbons (Fsp3) is 0.882. The van der Waals surface area contributed by atoms with E-state index in [1.807, 2.05) is 25.7 Å². The third-order valence-corrected chi connectivity index (χ3v) is 4.66. The van der Waals surface area contributed by atoms with Gasteiger partial charge in [-0.2, -0.15) is 0 Å². The van der Waals surface area contributed by atoms with Crippen LogP contribution in [0.3, 0.4) is 0 Å². The zero-order valence-corrected chi connectivity index (χ0v) is 18.4. The summed E-state index contributed by atoms with van der Waals surface area (Å²) in [6.45, 7) is 10.0. The second-order valence-electron chi connectivity index (χ2n) is 7.91. The number of amides is 1. The van der Waals surface area contributed by atoms with Gasteiger partial charge in [-0.15, -0.1) is 24.0 Å². The van der Waals surface area contributed by atoms with Crippen LogP contribution in [-0.4, -0.2) is 85.1 Å². The van der Waals surface area contributed by atoms with Crippen LogP contribution in [-0.2, 0) is 9.47 Å². The first kappa shape index (κ1) is 23.2. The number of nitrogens with zero attached hydrogens (tertiary/aromatic N) is 3. The number of halogens is 1. The fourth-order valence-electron chi connectivity index (χ4n) is 3.08. The number of carbonyl (C=O) groups is 1. The number of rotatable bonds is 4. The topological polar surface area (TPSA) is 101 Å². The lowest BCUT2D eigenvalue weighted by Gasteiger charge is -2.36. The lowest BCUT2D eigenvalue weighted by atomic mass is 9.84. The molecule has 0 saturated carbocycles. The molecule has 0 aromatic rings. The van der Waals surface area contributed by atoms with Crippen molar-refractivity contribution in [3.05, 3.63) is 0 Å². The van der Waals surface area contributed by atoms with Crippen molar-refractivity contribution >= 4 is 36.0 Å². The van der Waals surface area contributed by atoms with Gasteiger partial charge in [-0.05, 0) is 33.6 Å². The summed E-state index contributed by atoms with van der Waals surface area (Å²) in [5.41, 5.74) is 5.56. The van der Waals surface area contributed by atoms with E-state index in [1.54, 1.807) is 4.90 Å². The smallest absolute Gasteiger partial charge is 0.410 e. The molecule has 1 atom stereocenters. The Balaban J connectivity index is 0.00000338. The summed E-state index contributed by atoms with van der Waals surface area (Å²) in [5, 5.41) is 9.27. The molecule has 0 aromatic heterocycles. The molecule has 0 bridgehead atoms. The number of guanidine groups is 1. The number of piperazine rings is 1. The van der Waals surface area contributed by atoms with E-state index in [2.05, 4.69) is 4.99 Å². The maximum Gasteiger partial charge on any atom is 0.410 e. The summed E-state index contributed by atoms with van der Waals surface area (Å²) < 4.78 is 10.9. The summed E-state index contributed by atoms with van der Waals surface area (Å²) in [7, 11) is 0. The van der Waals surface area contributed by atoms with E-state index in [0.717, 1.165) is 6.42 Å². The number of aliphatic hydroxyl groups is 1. The Hall–Kier alpha value is -0.810. The minimum atomic E-state index is -0.487. The fourth-order valence-corrected chi connectivity index (χ4v) is 3.08. The lowest BCUT2D eigenvalue weighted by Crippen LogP contribution is -2.53. The number of hydrogen-bond acceptors (Lipinski definition) is 5. The third kappa shape index (κ3) is 6.73. The van der Waals surface area contributed by atoms with Crippen LogP contribution in [0.2, 0.25) is 0 Å². The molecule has 26 heavy (non-hydrogen) atoms. The van der Waals surface area contributed by atoms with Gasteiger partial charge in [0.05, 0.1) is 13.2 Å². The molecule has 8 nitrogen and oxygen atoms in total. The Morgan fingerprint density at radius 2 is 1.88 bits per heavy atom. The molecular formula is C17H33IN4O4. The summed E-state index contributed by atoms with van der Waals surface area (Å²) in [5.74, 6) is 0.494.